The summed E-state index contributed by atoms with van der Waals surface area (Å²) in [6.07, 6.45) is 38.4. The lowest BCUT2D eigenvalue weighted by atomic mass is 9.85. The molecule has 1 aliphatic rings. The molecule has 6 atom stereocenters. The molecule has 0 spiro atoms. The van der Waals surface area contributed by atoms with Gasteiger partial charge in [-0.05, 0) is 57.8 Å². The highest BCUT2D eigenvalue weighted by atomic mass is 31.2. The first-order chi connectivity index (χ1) is 31.9. The number of hydrogen-bond acceptors (Lipinski definition) is 12. The van der Waals surface area contributed by atoms with Gasteiger partial charge in [0.25, 0.3) is 0 Å². The van der Waals surface area contributed by atoms with Crippen LogP contribution in [-0.4, -0.2) is 98.3 Å². The fraction of sp³-hybridized carbons (Fsp3) is 0.769. The van der Waals surface area contributed by atoms with Gasteiger partial charge in [-0.25, -0.2) is 4.57 Å². The van der Waals surface area contributed by atoms with Crippen molar-refractivity contribution in [1.82, 2.24) is 0 Å². The number of carbonyl (C=O) groups excluding carboxylic acids is 2. The molecule has 1 fully saturated rings. The summed E-state index contributed by atoms with van der Waals surface area (Å²) >= 11 is 0. The molecular weight excluding hydrogens is 864 g/mol. The van der Waals surface area contributed by atoms with Crippen molar-refractivity contribution >= 4 is 19.8 Å². The van der Waals surface area contributed by atoms with E-state index in [0.717, 1.165) is 70.6 Å². The number of allylic oxidation sites excluding steroid dienone is 10. The normalized spacial score (nSPS) is 21.8. The highest BCUT2D eigenvalue weighted by Crippen LogP contribution is 2.47. The van der Waals surface area contributed by atoms with Crippen LogP contribution >= 0.6 is 7.82 Å². The topological polar surface area (TPSA) is 210 Å². The predicted molar refractivity (Wildman–Crippen MR) is 262 cm³/mol. The minimum absolute atomic E-state index is 0.0568. The van der Waals surface area contributed by atoms with Crippen LogP contribution in [0.5, 0.6) is 0 Å². The van der Waals surface area contributed by atoms with Crippen molar-refractivity contribution in [3.05, 3.63) is 60.8 Å². The van der Waals surface area contributed by atoms with Crippen molar-refractivity contribution in [2.45, 2.75) is 243 Å². The van der Waals surface area contributed by atoms with Crippen molar-refractivity contribution in [3.8, 4) is 0 Å². The number of aliphatic hydroxyl groups excluding tert-OH is 5. The second kappa shape index (κ2) is 41.5. The zero-order valence-electron chi connectivity index (χ0n) is 40.7. The van der Waals surface area contributed by atoms with Crippen LogP contribution in [0.3, 0.4) is 0 Å². The van der Waals surface area contributed by atoms with E-state index in [0.29, 0.717) is 12.8 Å². The molecule has 6 N–H and O–H groups in total. The van der Waals surface area contributed by atoms with Crippen LogP contribution < -0.4 is 0 Å². The van der Waals surface area contributed by atoms with E-state index in [-0.39, 0.29) is 12.8 Å². The molecule has 0 aromatic heterocycles. The van der Waals surface area contributed by atoms with Crippen LogP contribution in [0.15, 0.2) is 60.8 Å². The molecule has 1 aliphatic carbocycles. The maximum absolute atomic E-state index is 12.8. The fourth-order valence-corrected chi connectivity index (χ4v) is 8.52. The first-order valence-corrected chi connectivity index (χ1v) is 27.1. The number of phosphoric ester groups is 1. The van der Waals surface area contributed by atoms with E-state index >= 15 is 0 Å². The van der Waals surface area contributed by atoms with Gasteiger partial charge in [0, 0.05) is 12.8 Å². The molecule has 1 rings (SSSR count). The molecule has 0 radical (unpaired) electrons. The van der Waals surface area contributed by atoms with E-state index in [9.17, 15) is 44.6 Å². The number of phosphoric acid groups is 1. The minimum atomic E-state index is -5.13. The van der Waals surface area contributed by atoms with Gasteiger partial charge in [-0.1, -0.05) is 190 Å². The Morgan fingerprint density at radius 1 is 0.485 bits per heavy atom. The van der Waals surface area contributed by atoms with Gasteiger partial charge < -0.3 is 39.9 Å². The zero-order valence-corrected chi connectivity index (χ0v) is 41.6. The van der Waals surface area contributed by atoms with E-state index < -0.39 is 75.7 Å². The van der Waals surface area contributed by atoms with E-state index in [1.807, 2.05) is 0 Å². The summed E-state index contributed by atoms with van der Waals surface area (Å²) in [5.74, 6) is -1.13. The Bertz CT molecular complexity index is 1380. The van der Waals surface area contributed by atoms with Gasteiger partial charge in [-0.2, -0.15) is 0 Å². The number of unbranched alkanes of at least 4 members (excludes halogenated alkanes) is 20. The molecule has 0 aliphatic heterocycles. The first kappa shape index (κ1) is 61.6. The molecule has 0 aromatic rings. The van der Waals surface area contributed by atoms with Crippen LogP contribution in [0.2, 0.25) is 0 Å². The van der Waals surface area contributed by atoms with Gasteiger partial charge in [-0.15, -0.1) is 0 Å². The molecule has 6 unspecified atom stereocenters. The third kappa shape index (κ3) is 33.1. The summed E-state index contributed by atoms with van der Waals surface area (Å²) in [6.45, 7) is 3.18. The summed E-state index contributed by atoms with van der Waals surface area (Å²) in [7, 11) is -5.13. The second-order valence-electron chi connectivity index (χ2n) is 17.7. The van der Waals surface area contributed by atoms with Gasteiger partial charge in [0.1, 0.15) is 43.2 Å². The summed E-state index contributed by atoms with van der Waals surface area (Å²) in [5.41, 5.74) is 0. The number of ether oxygens (including phenoxy) is 2. The SMILES string of the molecule is CC/C=C\C/C=C\C/C=C\C/C=C\C/C=C\CCCCCC(=O)OC(COC(=O)CCCCCCCCCCCCCCCCCCCC)COP(=O)(O)OC1C(O)C(O)C(O)C(O)C1O. The summed E-state index contributed by atoms with van der Waals surface area (Å²) in [6, 6.07) is 0. The molecule has 0 aromatic carbocycles. The van der Waals surface area contributed by atoms with E-state index in [1.165, 1.54) is 89.9 Å². The smallest absolute Gasteiger partial charge is 0.462 e. The molecule has 14 heteroatoms. The van der Waals surface area contributed by atoms with Crippen molar-refractivity contribution < 1.29 is 63.1 Å². The molecule has 0 heterocycles. The Hall–Kier alpha value is -2.45. The van der Waals surface area contributed by atoms with Crippen LogP contribution in [0.4, 0.5) is 0 Å². The lowest BCUT2D eigenvalue weighted by molar-refractivity contribution is -0.220. The summed E-state index contributed by atoms with van der Waals surface area (Å²) in [5, 5.41) is 50.3. The van der Waals surface area contributed by atoms with Crippen LogP contribution in [-0.2, 0) is 32.7 Å². The molecular formula is C52H91O13P. The van der Waals surface area contributed by atoms with Crippen molar-refractivity contribution in [2.24, 2.45) is 0 Å². The maximum Gasteiger partial charge on any atom is 0.472 e. The average Bonchev–Trinajstić information content (AvgIpc) is 3.30. The van der Waals surface area contributed by atoms with E-state index in [1.54, 1.807) is 0 Å². The van der Waals surface area contributed by atoms with Gasteiger partial charge >= 0.3 is 19.8 Å². The Morgan fingerprint density at radius 3 is 1.32 bits per heavy atom. The van der Waals surface area contributed by atoms with Gasteiger partial charge in [-0.3, -0.25) is 18.6 Å². The Kier molecular flexibility index (Phi) is 38.7. The monoisotopic (exact) mass is 955 g/mol. The Balaban J connectivity index is 2.43. The van der Waals surface area contributed by atoms with Crippen molar-refractivity contribution in [3.63, 3.8) is 0 Å². The predicted octanol–water partition coefficient (Wildman–Crippen LogP) is 10.9. The quantitative estimate of drug-likeness (QED) is 0.0146. The van der Waals surface area contributed by atoms with Crippen LogP contribution in [0.25, 0.3) is 0 Å². The maximum atomic E-state index is 12.8. The fourth-order valence-electron chi connectivity index (χ4n) is 7.55. The highest BCUT2D eigenvalue weighted by Gasteiger charge is 2.51. The van der Waals surface area contributed by atoms with Crippen molar-refractivity contribution in [2.75, 3.05) is 13.2 Å². The lowest BCUT2D eigenvalue weighted by Crippen LogP contribution is -2.64. The third-order valence-corrected chi connectivity index (χ3v) is 12.6. The molecule has 0 saturated heterocycles. The standard InChI is InChI=1S/C52H91O13P/c1-3-5-7-9-11-13-15-17-19-21-23-25-27-29-31-33-35-37-39-41-46(54)64-44(43-63-66(60,61)65-52-50(58)48(56)47(55)49(57)51(52)59)42-62-45(53)40-38-36-34-32-30-28-26-24-22-20-18-16-14-12-10-8-6-4-2/h5,7,11,13,17,19,23,25,29,31,44,47-52,55-59H,3-4,6,8-10,12,14-16,18,20-22,24,26-28,30,32-43H2,1-2H3,(H,60,61)/b7-5-,13-11-,19-17-,25-23-,31-29-. The molecule has 66 heavy (non-hydrogen) atoms. The summed E-state index contributed by atoms with van der Waals surface area (Å²) in [4.78, 5) is 35.8. The van der Waals surface area contributed by atoms with Gasteiger partial charge in [0.15, 0.2) is 6.10 Å². The van der Waals surface area contributed by atoms with Crippen LogP contribution in [0, 0.1) is 0 Å². The number of hydrogen-bond donors (Lipinski definition) is 6. The van der Waals surface area contributed by atoms with Gasteiger partial charge in [0.2, 0.25) is 0 Å². The zero-order chi connectivity index (χ0) is 48.5. The minimum Gasteiger partial charge on any atom is -0.462 e. The summed E-state index contributed by atoms with van der Waals surface area (Å²) < 4.78 is 33.6. The number of carbonyl (C=O) groups is 2. The van der Waals surface area contributed by atoms with Gasteiger partial charge in [0.05, 0.1) is 6.61 Å². The molecule has 0 bridgehead atoms. The average molecular weight is 955 g/mol. The van der Waals surface area contributed by atoms with Crippen LogP contribution in [0.1, 0.15) is 200 Å². The molecule has 0 amide bonds. The number of rotatable bonds is 42. The third-order valence-electron chi connectivity index (χ3n) is 11.6. The molecule has 1 saturated carbocycles. The first-order valence-electron chi connectivity index (χ1n) is 25.6. The Labute approximate surface area is 398 Å². The largest absolute Gasteiger partial charge is 0.472 e. The van der Waals surface area contributed by atoms with E-state index in [2.05, 4.69) is 74.6 Å². The van der Waals surface area contributed by atoms with Crippen molar-refractivity contribution in [1.29, 1.82) is 0 Å². The second-order valence-corrected chi connectivity index (χ2v) is 19.1. The van der Waals surface area contributed by atoms with E-state index in [4.69, 9.17) is 18.5 Å². The number of esters is 2. The molecule has 13 nitrogen and oxygen atoms in total. The lowest BCUT2D eigenvalue weighted by Gasteiger charge is -2.41. The number of aliphatic hydroxyl groups is 5. The molecule has 382 valence electrons. The Morgan fingerprint density at radius 2 is 0.864 bits per heavy atom. The highest BCUT2D eigenvalue weighted by molar-refractivity contribution is 7.47.